The van der Waals surface area contributed by atoms with Crippen molar-refractivity contribution in [1.82, 2.24) is 19.7 Å². The molecule has 0 bridgehead atoms. The first-order valence-corrected chi connectivity index (χ1v) is 8.62. The van der Waals surface area contributed by atoms with E-state index in [0.29, 0.717) is 11.5 Å². The molecule has 0 fully saturated rings. The molecule has 0 aliphatic rings. The molecule has 2 heterocycles. The summed E-state index contributed by atoms with van der Waals surface area (Å²) in [6.45, 7) is 7.88. The van der Waals surface area contributed by atoms with Crippen LogP contribution < -0.4 is 4.90 Å². The van der Waals surface area contributed by atoms with Gasteiger partial charge in [0.15, 0.2) is 0 Å². The average Bonchev–Trinajstić information content (AvgIpc) is 3.06. The minimum Gasteiger partial charge on any atom is -0.311 e. The molecule has 0 radical (unpaired) electrons. The lowest BCUT2D eigenvalue weighted by Crippen LogP contribution is -2.26. The maximum absolute atomic E-state index is 13.1. The Bertz CT molecular complexity index is 910. The van der Waals surface area contributed by atoms with E-state index in [0.717, 1.165) is 22.8 Å². The van der Waals surface area contributed by atoms with Crippen molar-refractivity contribution in [3.8, 4) is 5.95 Å². The minimum absolute atomic E-state index is 0.101. The van der Waals surface area contributed by atoms with Gasteiger partial charge < -0.3 is 4.90 Å². The Balaban J connectivity index is 2.04. The monoisotopic (exact) mass is 349 g/mol. The molecule has 3 aromatic rings. The predicted molar refractivity (Wildman–Crippen MR) is 102 cm³/mol. The van der Waals surface area contributed by atoms with Gasteiger partial charge in [0.25, 0.3) is 11.9 Å². The fourth-order valence-corrected chi connectivity index (χ4v) is 2.84. The van der Waals surface area contributed by atoms with Crippen molar-refractivity contribution in [1.29, 1.82) is 0 Å². The van der Waals surface area contributed by atoms with E-state index in [1.54, 1.807) is 22.8 Å². The van der Waals surface area contributed by atoms with Gasteiger partial charge in [-0.2, -0.15) is 5.10 Å². The van der Waals surface area contributed by atoms with Crippen LogP contribution in [-0.4, -0.2) is 32.7 Å². The van der Waals surface area contributed by atoms with E-state index < -0.39 is 0 Å². The van der Waals surface area contributed by atoms with Gasteiger partial charge in [0, 0.05) is 30.3 Å². The lowest BCUT2D eigenvalue weighted by atomic mass is 10.1. The first-order valence-electron chi connectivity index (χ1n) is 8.62. The molecule has 0 aliphatic carbocycles. The molecule has 0 spiro atoms. The highest BCUT2D eigenvalue weighted by molar-refractivity contribution is 6.06. The Hall–Kier alpha value is -3.02. The van der Waals surface area contributed by atoms with E-state index >= 15 is 0 Å². The molecule has 2 aromatic heterocycles. The van der Waals surface area contributed by atoms with Crippen molar-refractivity contribution < 1.29 is 4.79 Å². The summed E-state index contributed by atoms with van der Waals surface area (Å²) in [6.07, 6.45) is 1.73. The number of hydrogen-bond acceptors (Lipinski definition) is 4. The van der Waals surface area contributed by atoms with E-state index in [2.05, 4.69) is 15.1 Å². The summed E-state index contributed by atoms with van der Waals surface area (Å²) in [7, 11) is 1.77. The highest BCUT2D eigenvalue weighted by atomic mass is 16.2. The van der Waals surface area contributed by atoms with Crippen LogP contribution in [-0.2, 0) is 0 Å². The summed E-state index contributed by atoms with van der Waals surface area (Å²) in [5.41, 5.74) is 3.86. The number of benzene rings is 1. The van der Waals surface area contributed by atoms with Crippen LogP contribution in [0.3, 0.4) is 0 Å². The number of carbonyl (C=O) groups is 1. The molecule has 0 N–H and O–H groups in total. The van der Waals surface area contributed by atoms with Crippen LogP contribution >= 0.6 is 0 Å². The second-order valence-corrected chi connectivity index (χ2v) is 6.68. The molecule has 0 atom stereocenters. The van der Waals surface area contributed by atoms with Crippen LogP contribution in [0, 0.1) is 13.8 Å². The minimum atomic E-state index is -0.101. The summed E-state index contributed by atoms with van der Waals surface area (Å²) in [5.74, 6) is 0.478. The van der Waals surface area contributed by atoms with E-state index in [9.17, 15) is 4.79 Å². The van der Waals surface area contributed by atoms with Gasteiger partial charge in [0.2, 0.25) is 0 Å². The molecular formula is C20H23N5O. The summed E-state index contributed by atoms with van der Waals surface area (Å²) >= 11 is 0. The third-order valence-corrected chi connectivity index (χ3v) is 4.14. The molecule has 26 heavy (non-hydrogen) atoms. The molecule has 1 amide bonds. The number of rotatable bonds is 4. The van der Waals surface area contributed by atoms with Crippen LogP contribution in [0.1, 0.15) is 47.2 Å². The van der Waals surface area contributed by atoms with E-state index in [1.165, 1.54) is 0 Å². The highest BCUT2D eigenvalue weighted by Crippen LogP contribution is 2.23. The van der Waals surface area contributed by atoms with Gasteiger partial charge in [0.1, 0.15) is 0 Å². The SMILES string of the molecule is Cc1cc(C)nc(-n2cc(C(=O)N(C)c3ccccc3)c(C(C)C)n2)n1. The Morgan fingerprint density at radius 2 is 1.69 bits per heavy atom. The van der Waals surface area contributed by atoms with Crippen molar-refractivity contribution in [2.24, 2.45) is 0 Å². The molecular weight excluding hydrogens is 326 g/mol. The smallest absolute Gasteiger partial charge is 0.261 e. The predicted octanol–water partition coefficient (Wildman–Crippen LogP) is 3.68. The van der Waals surface area contributed by atoms with Gasteiger partial charge >= 0.3 is 0 Å². The molecule has 0 saturated heterocycles. The average molecular weight is 349 g/mol. The lowest BCUT2D eigenvalue weighted by Gasteiger charge is -2.17. The molecule has 6 heteroatoms. The van der Waals surface area contributed by atoms with Crippen molar-refractivity contribution in [3.63, 3.8) is 0 Å². The van der Waals surface area contributed by atoms with E-state index in [1.807, 2.05) is 64.1 Å². The first kappa shape index (κ1) is 17.8. The van der Waals surface area contributed by atoms with E-state index in [-0.39, 0.29) is 11.8 Å². The van der Waals surface area contributed by atoms with Crippen molar-refractivity contribution in [3.05, 3.63) is 65.2 Å². The van der Waals surface area contributed by atoms with E-state index in [4.69, 9.17) is 0 Å². The molecule has 3 rings (SSSR count). The fourth-order valence-electron chi connectivity index (χ4n) is 2.84. The summed E-state index contributed by atoms with van der Waals surface area (Å²) in [4.78, 5) is 23.6. The van der Waals surface area contributed by atoms with Gasteiger partial charge in [-0.3, -0.25) is 4.79 Å². The molecule has 1 aromatic carbocycles. The van der Waals surface area contributed by atoms with Gasteiger partial charge in [0.05, 0.1) is 11.3 Å². The third kappa shape index (κ3) is 3.49. The highest BCUT2D eigenvalue weighted by Gasteiger charge is 2.23. The van der Waals surface area contributed by atoms with Crippen LogP contribution in [0.25, 0.3) is 5.95 Å². The molecule has 6 nitrogen and oxygen atoms in total. The van der Waals surface area contributed by atoms with Crippen LogP contribution in [0.5, 0.6) is 0 Å². The molecule has 0 saturated carbocycles. The van der Waals surface area contributed by atoms with Crippen LogP contribution in [0.2, 0.25) is 0 Å². The number of para-hydroxylation sites is 1. The van der Waals surface area contributed by atoms with Crippen LogP contribution in [0.4, 0.5) is 5.69 Å². The quantitative estimate of drug-likeness (QED) is 0.721. The molecule has 0 aliphatic heterocycles. The number of amides is 1. The zero-order chi connectivity index (χ0) is 18.8. The van der Waals surface area contributed by atoms with Crippen molar-refractivity contribution in [2.75, 3.05) is 11.9 Å². The zero-order valence-corrected chi connectivity index (χ0v) is 15.8. The molecule has 134 valence electrons. The summed E-state index contributed by atoms with van der Waals surface area (Å²) < 4.78 is 1.60. The van der Waals surface area contributed by atoms with Gasteiger partial charge in [-0.1, -0.05) is 32.0 Å². The topological polar surface area (TPSA) is 63.9 Å². The number of aromatic nitrogens is 4. The standard InChI is InChI=1S/C20H23N5O/c1-13(2)18-17(19(26)24(5)16-9-7-6-8-10-16)12-25(23-18)20-21-14(3)11-15(4)22-20/h6-13H,1-5H3. The summed E-state index contributed by atoms with van der Waals surface area (Å²) in [5, 5.41) is 4.60. The van der Waals surface area contributed by atoms with Gasteiger partial charge in [-0.25, -0.2) is 14.6 Å². The Labute approximate surface area is 153 Å². The largest absolute Gasteiger partial charge is 0.311 e. The molecule has 0 unspecified atom stereocenters. The maximum Gasteiger partial charge on any atom is 0.261 e. The Kier molecular flexibility index (Phi) is 4.84. The maximum atomic E-state index is 13.1. The number of anilines is 1. The second kappa shape index (κ2) is 7.07. The number of carbonyl (C=O) groups excluding carboxylic acids is 1. The number of aryl methyl sites for hydroxylation is 2. The lowest BCUT2D eigenvalue weighted by molar-refractivity contribution is 0.0992. The Morgan fingerprint density at radius 1 is 1.08 bits per heavy atom. The van der Waals surface area contributed by atoms with Crippen molar-refractivity contribution >= 4 is 11.6 Å². The normalized spacial score (nSPS) is 11.0. The fraction of sp³-hybridized carbons (Fsp3) is 0.300. The van der Waals surface area contributed by atoms with Gasteiger partial charge in [-0.05, 0) is 38.0 Å². The van der Waals surface area contributed by atoms with Crippen molar-refractivity contribution in [2.45, 2.75) is 33.6 Å². The number of nitrogens with zero attached hydrogens (tertiary/aromatic N) is 5. The first-order chi connectivity index (χ1) is 12.4. The van der Waals surface area contributed by atoms with Crippen LogP contribution in [0.15, 0.2) is 42.6 Å². The Morgan fingerprint density at radius 3 is 2.27 bits per heavy atom. The van der Waals surface area contributed by atoms with Gasteiger partial charge in [-0.15, -0.1) is 0 Å². The third-order valence-electron chi connectivity index (χ3n) is 4.14. The summed E-state index contributed by atoms with van der Waals surface area (Å²) in [6, 6.07) is 11.5. The second-order valence-electron chi connectivity index (χ2n) is 6.68. The number of hydrogen-bond donors (Lipinski definition) is 0. The zero-order valence-electron chi connectivity index (χ0n) is 15.8.